The monoisotopic (exact) mass is 309 g/mol. The lowest BCUT2D eigenvalue weighted by Gasteiger charge is -2.12. The first-order valence-corrected chi connectivity index (χ1v) is 6.98. The van der Waals surface area contributed by atoms with E-state index in [1.807, 2.05) is 0 Å². The summed E-state index contributed by atoms with van der Waals surface area (Å²) in [5, 5.41) is 2.33. The van der Waals surface area contributed by atoms with Crippen molar-refractivity contribution in [2.75, 3.05) is 19.5 Å². The van der Waals surface area contributed by atoms with Gasteiger partial charge in [0.25, 0.3) is 5.91 Å². The summed E-state index contributed by atoms with van der Waals surface area (Å²) in [5.41, 5.74) is 5.96. The van der Waals surface area contributed by atoms with Crippen LogP contribution in [0, 0.1) is 0 Å². The summed E-state index contributed by atoms with van der Waals surface area (Å²) in [5.74, 6) is 0.403. The van der Waals surface area contributed by atoms with E-state index in [1.54, 1.807) is 25.3 Å². The lowest BCUT2D eigenvalue weighted by atomic mass is 10.2. The van der Waals surface area contributed by atoms with Gasteiger partial charge >= 0.3 is 0 Å². The summed E-state index contributed by atoms with van der Waals surface area (Å²) in [6, 6.07) is 5.03. The normalized spacial score (nSPS) is 17.3. The van der Waals surface area contributed by atoms with Crippen LogP contribution in [0.15, 0.2) is 23.2 Å². The molecular weight excluding hydrogens is 294 g/mol. The molecule has 0 saturated heterocycles. The van der Waals surface area contributed by atoms with Crippen molar-refractivity contribution in [3.63, 3.8) is 0 Å². The Morgan fingerprint density at radius 1 is 1.43 bits per heavy atom. The molecule has 0 aliphatic carbocycles. The molecule has 3 N–H and O–H groups in total. The van der Waals surface area contributed by atoms with Gasteiger partial charge in [0.1, 0.15) is 16.7 Å². The van der Waals surface area contributed by atoms with Crippen molar-refractivity contribution in [1.82, 2.24) is 0 Å². The zero-order valence-corrected chi connectivity index (χ0v) is 12.4. The van der Waals surface area contributed by atoms with Crippen LogP contribution >= 0.6 is 11.8 Å². The van der Waals surface area contributed by atoms with Crippen molar-refractivity contribution in [3.05, 3.63) is 18.2 Å². The molecule has 1 heterocycles. The summed E-state index contributed by atoms with van der Waals surface area (Å²) >= 11 is 1.09. The molecule has 0 aromatic heterocycles. The molecule has 1 aliphatic heterocycles. The van der Waals surface area contributed by atoms with Gasteiger partial charge in [-0.15, -0.1) is 0 Å². The first-order chi connectivity index (χ1) is 10.0. The average molecular weight is 309 g/mol. The second kappa shape index (κ2) is 6.49. The number of benzene rings is 1. The Labute approximate surface area is 125 Å². The number of thioether (sulfide) groups is 1. The number of nitrogens with one attached hydrogen (secondary N) is 1. The van der Waals surface area contributed by atoms with Crippen LogP contribution in [-0.2, 0) is 9.59 Å². The fourth-order valence-electron chi connectivity index (χ4n) is 1.80. The molecule has 1 aliphatic rings. The fourth-order valence-corrected chi connectivity index (χ4v) is 2.63. The zero-order chi connectivity index (χ0) is 15.4. The molecular formula is C13H15N3O4S. The third kappa shape index (κ3) is 3.66. The molecule has 2 rings (SSSR count). The molecule has 1 unspecified atom stereocenters. The molecule has 1 aromatic carbocycles. The molecule has 1 atom stereocenters. The summed E-state index contributed by atoms with van der Waals surface area (Å²) in [6.07, 6.45) is 0.00286. The largest absolute Gasteiger partial charge is 0.497 e. The number of anilines is 1. The standard InChI is InChI=1S/C13H15N3O4S/c1-19-7-3-4-8(9(5-7)20-2)15-11(17)6-10-12(18)16-13(14)21-10/h3-5,10H,6H2,1-2H3,(H,15,17)(H2,14,16,18). The van der Waals surface area contributed by atoms with E-state index >= 15 is 0 Å². The van der Waals surface area contributed by atoms with Crippen LogP contribution in [0.3, 0.4) is 0 Å². The fraction of sp³-hybridized carbons (Fsp3) is 0.308. The number of methoxy groups -OCH3 is 2. The van der Waals surface area contributed by atoms with Crippen molar-refractivity contribution in [2.24, 2.45) is 10.7 Å². The van der Waals surface area contributed by atoms with E-state index in [4.69, 9.17) is 15.2 Å². The number of carbonyl (C=O) groups excluding carboxylic acids is 2. The highest BCUT2D eigenvalue weighted by molar-refractivity contribution is 8.15. The molecule has 0 radical (unpaired) electrons. The average Bonchev–Trinajstić information content (AvgIpc) is 2.77. The topological polar surface area (TPSA) is 103 Å². The van der Waals surface area contributed by atoms with Gasteiger partial charge in [-0.2, -0.15) is 4.99 Å². The number of carbonyl (C=O) groups is 2. The number of hydrogen-bond acceptors (Lipinski definition) is 6. The maximum absolute atomic E-state index is 12.0. The summed E-state index contributed by atoms with van der Waals surface area (Å²) in [6.45, 7) is 0. The van der Waals surface area contributed by atoms with Crippen molar-refractivity contribution < 1.29 is 19.1 Å². The van der Waals surface area contributed by atoms with E-state index in [0.717, 1.165) is 11.8 Å². The van der Waals surface area contributed by atoms with Crippen molar-refractivity contribution in [2.45, 2.75) is 11.7 Å². The Morgan fingerprint density at radius 2 is 2.19 bits per heavy atom. The van der Waals surface area contributed by atoms with Gasteiger partial charge in [0, 0.05) is 12.5 Å². The quantitative estimate of drug-likeness (QED) is 0.840. The first kappa shape index (κ1) is 15.2. The zero-order valence-electron chi connectivity index (χ0n) is 11.6. The minimum atomic E-state index is -0.561. The van der Waals surface area contributed by atoms with Crippen LogP contribution in [0.25, 0.3) is 0 Å². The highest BCUT2D eigenvalue weighted by atomic mass is 32.2. The number of nitrogens with zero attached hydrogens (tertiary/aromatic N) is 1. The van der Waals surface area contributed by atoms with Crippen molar-refractivity contribution in [3.8, 4) is 11.5 Å². The third-order valence-corrected chi connectivity index (χ3v) is 3.80. The lowest BCUT2D eigenvalue weighted by Crippen LogP contribution is -2.21. The second-order valence-electron chi connectivity index (χ2n) is 4.21. The van der Waals surface area contributed by atoms with Gasteiger partial charge in [-0.1, -0.05) is 11.8 Å². The third-order valence-electron chi connectivity index (χ3n) is 2.81. The smallest absolute Gasteiger partial charge is 0.262 e. The number of hydrogen-bond donors (Lipinski definition) is 2. The number of amides is 2. The van der Waals surface area contributed by atoms with E-state index < -0.39 is 5.25 Å². The van der Waals surface area contributed by atoms with E-state index in [1.165, 1.54) is 7.11 Å². The van der Waals surface area contributed by atoms with Gasteiger partial charge in [0.05, 0.1) is 19.9 Å². The molecule has 7 nitrogen and oxygen atoms in total. The molecule has 1 aromatic rings. The van der Waals surface area contributed by atoms with Gasteiger partial charge < -0.3 is 20.5 Å². The highest BCUT2D eigenvalue weighted by Crippen LogP contribution is 2.30. The van der Waals surface area contributed by atoms with E-state index in [9.17, 15) is 9.59 Å². The Balaban J connectivity index is 2.01. The minimum absolute atomic E-state index is 0.00286. The van der Waals surface area contributed by atoms with Crippen molar-refractivity contribution >= 4 is 34.4 Å². The molecule has 8 heteroatoms. The van der Waals surface area contributed by atoms with Crippen molar-refractivity contribution in [1.29, 1.82) is 0 Å². The SMILES string of the molecule is COc1ccc(NC(=O)CC2SC(N)=NC2=O)c(OC)c1. The molecule has 0 saturated carbocycles. The number of ether oxygens (including phenoxy) is 2. The predicted molar refractivity (Wildman–Crippen MR) is 80.8 cm³/mol. The Kier molecular flexibility index (Phi) is 4.69. The van der Waals surface area contributed by atoms with Crippen LogP contribution < -0.4 is 20.5 Å². The predicted octanol–water partition coefficient (Wildman–Crippen LogP) is 0.989. The van der Waals surface area contributed by atoms with Crippen LogP contribution in [0.4, 0.5) is 5.69 Å². The minimum Gasteiger partial charge on any atom is -0.497 e. The lowest BCUT2D eigenvalue weighted by molar-refractivity contribution is -0.121. The molecule has 112 valence electrons. The van der Waals surface area contributed by atoms with Gasteiger partial charge in [0.2, 0.25) is 5.91 Å². The number of amidine groups is 1. The van der Waals surface area contributed by atoms with Crippen LogP contribution in [0.5, 0.6) is 11.5 Å². The van der Waals surface area contributed by atoms with Crippen LogP contribution in [0.1, 0.15) is 6.42 Å². The highest BCUT2D eigenvalue weighted by Gasteiger charge is 2.29. The first-order valence-electron chi connectivity index (χ1n) is 6.10. The Hall–Kier alpha value is -2.22. The Bertz CT molecular complexity index is 603. The summed E-state index contributed by atoms with van der Waals surface area (Å²) in [4.78, 5) is 27.0. The molecule has 2 amide bonds. The van der Waals surface area contributed by atoms with Gasteiger partial charge in [-0.05, 0) is 12.1 Å². The molecule has 0 spiro atoms. The van der Waals surface area contributed by atoms with E-state index in [-0.39, 0.29) is 23.4 Å². The van der Waals surface area contributed by atoms with Gasteiger partial charge in [-0.3, -0.25) is 9.59 Å². The molecule has 0 fully saturated rings. The van der Waals surface area contributed by atoms with E-state index in [0.29, 0.717) is 17.2 Å². The maximum Gasteiger partial charge on any atom is 0.262 e. The number of rotatable bonds is 5. The molecule has 0 bridgehead atoms. The van der Waals surface area contributed by atoms with Crippen LogP contribution in [0.2, 0.25) is 0 Å². The molecule has 21 heavy (non-hydrogen) atoms. The van der Waals surface area contributed by atoms with E-state index in [2.05, 4.69) is 10.3 Å². The Morgan fingerprint density at radius 3 is 2.76 bits per heavy atom. The van der Waals surface area contributed by atoms with Crippen LogP contribution in [-0.4, -0.2) is 36.5 Å². The van der Waals surface area contributed by atoms with Gasteiger partial charge in [0.15, 0.2) is 5.17 Å². The van der Waals surface area contributed by atoms with Gasteiger partial charge in [-0.25, -0.2) is 0 Å². The maximum atomic E-state index is 12.0. The summed E-state index contributed by atoms with van der Waals surface area (Å²) < 4.78 is 10.3. The number of nitrogens with two attached hydrogens (primary N) is 1. The second-order valence-corrected chi connectivity index (χ2v) is 5.44. The summed E-state index contributed by atoms with van der Waals surface area (Å²) in [7, 11) is 3.04. The number of aliphatic imine (C=N–C) groups is 1.